The molecule has 0 atom stereocenters. The van der Waals surface area contributed by atoms with Crippen molar-refractivity contribution in [1.29, 1.82) is 0 Å². The highest BCUT2D eigenvalue weighted by Crippen LogP contribution is 2.21. The number of sulfone groups is 1. The molecular weight excluding hydrogens is 324 g/mol. The molecular formula is C14H16N2O4S2. The molecule has 0 bridgehead atoms. The SMILES string of the molecule is O=C(NCc1cccs1)N1CC(S(=O)(=O)Cc2ccco2)C1. The summed E-state index contributed by atoms with van der Waals surface area (Å²) in [6, 6.07) is 6.94. The van der Waals surface area contributed by atoms with Crippen LogP contribution in [0, 0.1) is 0 Å². The van der Waals surface area contributed by atoms with Crippen molar-refractivity contribution in [3.8, 4) is 0 Å². The van der Waals surface area contributed by atoms with Crippen molar-refractivity contribution in [3.05, 3.63) is 46.5 Å². The van der Waals surface area contributed by atoms with Crippen molar-refractivity contribution in [1.82, 2.24) is 10.2 Å². The lowest BCUT2D eigenvalue weighted by molar-refractivity contribution is 0.169. The third-order valence-corrected chi connectivity index (χ3v) is 6.44. The minimum absolute atomic E-state index is 0.116. The van der Waals surface area contributed by atoms with E-state index in [0.717, 1.165) is 4.88 Å². The van der Waals surface area contributed by atoms with Crippen LogP contribution in [0.5, 0.6) is 0 Å². The highest BCUT2D eigenvalue weighted by molar-refractivity contribution is 7.91. The monoisotopic (exact) mass is 340 g/mol. The Morgan fingerprint density at radius 1 is 1.36 bits per heavy atom. The van der Waals surface area contributed by atoms with Crippen LogP contribution in [-0.2, 0) is 22.1 Å². The Bertz CT molecular complexity index is 717. The first-order valence-corrected chi connectivity index (χ1v) is 9.43. The first-order valence-electron chi connectivity index (χ1n) is 6.84. The van der Waals surface area contributed by atoms with Crippen molar-refractivity contribution in [2.75, 3.05) is 13.1 Å². The molecule has 0 saturated carbocycles. The van der Waals surface area contributed by atoms with Gasteiger partial charge in [-0.1, -0.05) is 6.07 Å². The number of thiophene rings is 1. The van der Waals surface area contributed by atoms with E-state index in [9.17, 15) is 13.2 Å². The average Bonchev–Trinajstić information content (AvgIpc) is 3.06. The van der Waals surface area contributed by atoms with Crippen LogP contribution in [0.15, 0.2) is 40.3 Å². The lowest BCUT2D eigenvalue weighted by Gasteiger charge is -2.38. The Morgan fingerprint density at radius 3 is 2.82 bits per heavy atom. The van der Waals surface area contributed by atoms with Gasteiger partial charge >= 0.3 is 6.03 Å². The maximum Gasteiger partial charge on any atom is 0.317 e. The number of rotatable bonds is 5. The van der Waals surface area contributed by atoms with Gasteiger partial charge in [-0.05, 0) is 23.6 Å². The molecule has 0 radical (unpaired) electrons. The van der Waals surface area contributed by atoms with Gasteiger partial charge in [0.2, 0.25) is 0 Å². The molecule has 0 aromatic carbocycles. The minimum Gasteiger partial charge on any atom is -0.468 e. The van der Waals surface area contributed by atoms with Crippen LogP contribution >= 0.6 is 11.3 Å². The number of urea groups is 1. The summed E-state index contributed by atoms with van der Waals surface area (Å²) in [6.45, 7) is 0.940. The second-order valence-electron chi connectivity index (χ2n) is 5.15. The Balaban J connectivity index is 1.47. The van der Waals surface area contributed by atoms with Crippen LogP contribution in [0.25, 0.3) is 0 Å². The second-order valence-corrected chi connectivity index (χ2v) is 8.46. The van der Waals surface area contributed by atoms with Gasteiger partial charge in [-0.25, -0.2) is 13.2 Å². The number of furan rings is 1. The van der Waals surface area contributed by atoms with Gasteiger partial charge in [0, 0.05) is 18.0 Å². The maximum atomic E-state index is 12.2. The van der Waals surface area contributed by atoms with Crippen LogP contribution in [0.2, 0.25) is 0 Å². The Hall–Kier alpha value is -1.80. The molecule has 0 aliphatic carbocycles. The van der Waals surface area contributed by atoms with Gasteiger partial charge in [0.15, 0.2) is 9.84 Å². The van der Waals surface area contributed by atoms with Crippen molar-refractivity contribution in [2.24, 2.45) is 0 Å². The van der Waals surface area contributed by atoms with Gasteiger partial charge in [0.25, 0.3) is 0 Å². The molecule has 1 aliphatic heterocycles. The van der Waals surface area contributed by atoms with Gasteiger partial charge in [0.1, 0.15) is 11.5 Å². The normalized spacial score (nSPS) is 15.5. The summed E-state index contributed by atoms with van der Waals surface area (Å²) in [7, 11) is -3.28. The number of carbonyl (C=O) groups excluding carboxylic acids is 1. The molecule has 1 aliphatic rings. The highest BCUT2D eigenvalue weighted by atomic mass is 32.2. The topological polar surface area (TPSA) is 79.6 Å². The zero-order valence-corrected chi connectivity index (χ0v) is 13.4. The van der Waals surface area contributed by atoms with Gasteiger partial charge in [0.05, 0.1) is 18.1 Å². The van der Waals surface area contributed by atoms with E-state index < -0.39 is 15.1 Å². The summed E-state index contributed by atoms with van der Waals surface area (Å²) in [5, 5.41) is 4.23. The van der Waals surface area contributed by atoms with E-state index in [1.54, 1.807) is 23.5 Å². The standard InChI is InChI=1S/C14H16N2O4S2/c17-14(15-7-12-4-2-6-21-12)16-8-13(9-16)22(18,19)10-11-3-1-5-20-11/h1-6,13H,7-10H2,(H,15,17). The van der Waals surface area contributed by atoms with Crippen molar-refractivity contribution >= 4 is 27.2 Å². The maximum absolute atomic E-state index is 12.2. The molecule has 118 valence electrons. The lowest BCUT2D eigenvalue weighted by atomic mass is 10.2. The molecule has 2 amide bonds. The fraction of sp³-hybridized carbons (Fsp3) is 0.357. The molecule has 1 fully saturated rings. The van der Waals surface area contributed by atoms with Crippen LogP contribution in [-0.4, -0.2) is 37.7 Å². The largest absolute Gasteiger partial charge is 0.468 e. The molecule has 6 nitrogen and oxygen atoms in total. The second kappa shape index (κ2) is 6.13. The van der Waals surface area contributed by atoms with Crippen LogP contribution in [0.3, 0.4) is 0 Å². The number of hydrogen-bond acceptors (Lipinski definition) is 5. The van der Waals surface area contributed by atoms with Crippen LogP contribution < -0.4 is 5.32 Å². The van der Waals surface area contributed by atoms with Crippen molar-refractivity contribution in [3.63, 3.8) is 0 Å². The molecule has 22 heavy (non-hydrogen) atoms. The summed E-state index contributed by atoms with van der Waals surface area (Å²) in [4.78, 5) is 14.5. The number of nitrogens with zero attached hydrogens (tertiary/aromatic N) is 1. The predicted octanol–water partition coefficient (Wildman–Crippen LogP) is 1.85. The van der Waals surface area contributed by atoms with Gasteiger partial charge in [-0.2, -0.15) is 0 Å². The van der Waals surface area contributed by atoms with Crippen LogP contribution in [0.4, 0.5) is 4.79 Å². The van der Waals surface area contributed by atoms with E-state index in [4.69, 9.17) is 4.42 Å². The molecule has 3 heterocycles. The number of hydrogen-bond donors (Lipinski definition) is 1. The molecule has 1 N–H and O–H groups in total. The summed E-state index contributed by atoms with van der Waals surface area (Å²) in [5.74, 6) is 0.315. The van der Waals surface area contributed by atoms with E-state index in [1.165, 1.54) is 11.2 Å². The quantitative estimate of drug-likeness (QED) is 0.901. The van der Waals surface area contributed by atoms with E-state index >= 15 is 0 Å². The molecule has 0 unspecified atom stereocenters. The number of carbonyl (C=O) groups is 1. The fourth-order valence-corrected chi connectivity index (χ4v) is 4.48. The molecule has 8 heteroatoms. The summed E-state index contributed by atoms with van der Waals surface area (Å²) < 4.78 is 29.4. The van der Waals surface area contributed by atoms with E-state index in [0.29, 0.717) is 12.3 Å². The zero-order valence-electron chi connectivity index (χ0n) is 11.8. The third kappa shape index (κ3) is 3.33. The van der Waals surface area contributed by atoms with Crippen molar-refractivity contribution in [2.45, 2.75) is 17.5 Å². The molecule has 3 rings (SSSR count). The smallest absolute Gasteiger partial charge is 0.317 e. The van der Waals surface area contributed by atoms with Gasteiger partial charge < -0.3 is 14.6 Å². The number of amides is 2. The van der Waals surface area contributed by atoms with Gasteiger partial charge in [-0.15, -0.1) is 11.3 Å². The summed E-state index contributed by atoms with van der Waals surface area (Å²) in [5.41, 5.74) is 0. The zero-order chi connectivity index (χ0) is 15.6. The predicted molar refractivity (Wildman–Crippen MR) is 83.2 cm³/mol. The number of nitrogens with one attached hydrogen (secondary N) is 1. The Labute approximate surface area is 132 Å². The van der Waals surface area contributed by atoms with E-state index in [1.807, 2.05) is 17.5 Å². The molecule has 0 spiro atoms. The van der Waals surface area contributed by atoms with Crippen LogP contribution in [0.1, 0.15) is 10.6 Å². The third-order valence-electron chi connectivity index (χ3n) is 3.56. The number of likely N-dealkylation sites (tertiary alicyclic amines) is 1. The minimum atomic E-state index is -3.28. The Kier molecular flexibility index (Phi) is 4.21. The molecule has 1 saturated heterocycles. The Morgan fingerprint density at radius 2 is 2.18 bits per heavy atom. The average molecular weight is 340 g/mol. The fourth-order valence-electron chi connectivity index (χ4n) is 2.23. The first kappa shape index (κ1) is 15.1. The van der Waals surface area contributed by atoms with E-state index in [2.05, 4.69) is 5.32 Å². The highest BCUT2D eigenvalue weighted by Gasteiger charge is 2.39. The summed E-state index contributed by atoms with van der Waals surface area (Å²) >= 11 is 1.57. The van der Waals surface area contributed by atoms with Crippen molar-refractivity contribution < 1.29 is 17.6 Å². The molecule has 2 aromatic heterocycles. The summed E-state index contributed by atoms with van der Waals surface area (Å²) in [6.07, 6.45) is 1.45. The van der Waals surface area contributed by atoms with E-state index in [-0.39, 0.29) is 24.9 Å². The lowest BCUT2D eigenvalue weighted by Crippen LogP contribution is -2.59. The van der Waals surface area contributed by atoms with Gasteiger partial charge in [-0.3, -0.25) is 0 Å². The molecule has 2 aromatic rings. The first-order chi connectivity index (χ1) is 10.5.